The van der Waals surface area contributed by atoms with Crippen molar-refractivity contribution in [3.63, 3.8) is 0 Å². The van der Waals surface area contributed by atoms with E-state index in [4.69, 9.17) is 0 Å². The highest BCUT2D eigenvalue weighted by atomic mass is 32.2. The van der Waals surface area contributed by atoms with Gasteiger partial charge in [0.15, 0.2) is 11.6 Å². The lowest BCUT2D eigenvalue weighted by atomic mass is 10.0. The van der Waals surface area contributed by atoms with Crippen molar-refractivity contribution in [2.75, 3.05) is 11.0 Å². The summed E-state index contributed by atoms with van der Waals surface area (Å²) in [5.41, 5.74) is 3.84. The number of fused-ring (bicyclic) bond motifs is 1. The highest BCUT2D eigenvalue weighted by molar-refractivity contribution is 7.92. The minimum atomic E-state index is -3.41. The lowest BCUT2D eigenvalue weighted by Gasteiger charge is -2.12. The molecule has 0 aliphatic carbocycles. The predicted octanol–water partition coefficient (Wildman–Crippen LogP) is 5.45. The standard InChI is InChI=1S/C23H19F3N2O2S/c1-14-12-28(13-15-3-8-21(25)22(26)9-15)23-19(14)10-17(24)11-20(23)16-4-6-18(7-5-16)27-31(2,29)30/h3-12,27H,13H2,1-2H3. The number of anilines is 1. The summed E-state index contributed by atoms with van der Waals surface area (Å²) in [6.45, 7) is 2.13. The average molecular weight is 444 g/mol. The maximum absolute atomic E-state index is 14.4. The van der Waals surface area contributed by atoms with E-state index in [1.165, 1.54) is 18.2 Å². The molecule has 4 rings (SSSR count). The minimum Gasteiger partial charge on any atom is -0.342 e. The fourth-order valence-corrected chi connectivity index (χ4v) is 4.25. The molecule has 0 bridgehead atoms. The number of aromatic nitrogens is 1. The second kappa shape index (κ2) is 7.77. The van der Waals surface area contributed by atoms with Crippen LogP contribution >= 0.6 is 0 Å². The molecule has 4 nitrogen and oxygen atoms in total. The highest BCUT2D eigenvalue weighted by Gasteiger charge is 2.15. The number of aryl methyl sites for hydroxylation is 1. The Labute approximate surface area is 178 Å². The number of nitrogens with one attached hydrogen (secondary N) is 1. The van der Waals surface area contributed by atoms with Crippen molar-refractivity contribution < 1.29 is 21.6 Å². The van der Waals surface area contributed by atoms with Gasteiger partial charge in [0.1, 0.15) is 5.82 Å². The van der Waals surface area contributed by atoms with Crippen molar-refractivity contribution in [1.82, 2.24) is 4.57 Å². The zero-order valence-corrected chi connectivity index (χ0v) is 17.6. The van der Waals surface area contributed by atoms with Crippen molar-refractivity contribution >= 4 is 26.6 Å². The van der Waals surface area contributed by atoms with Gasteiger partial charge in [-0.3, -0.25) is 4.72 Å². The molecule has 1 N–H and O–H groups in total. The maximum Gasteiger partial charge on any atom is 0.229 e. The maximum atomic E-state index is 14.4. The molecule has 0 fully saturated rings. The van der Waals surface area contributed by atoms with Crippen LogP contribution in [0.25, 0.3) is 22.0 Å². The van der Waals surface area contributed by atoms with Crippen LogP contribution < -0.4 is 4.72 Å². The number of rotatable bonds is 5. The SMILES string of the molecule is Cc1cn(Cc2ccc(F)c(F)c2)c2c(-c3ccc(NS(C)(=O)=O)cc3)cc(F)cc12. The summed E-state index contributed by atoms with van der Waals surface area (Å²) in [6, 6.07) is 13.2. The van der Waals surface area contributed by atoms with E-state index in [-0.39, 0.29) is 6.54 Å². The molecular weight excluding hydrogens is 425 g/mol. The molecule has 1 heterocycles. The average Bonchev–Trinajstić information content (AvgIpc) is 2.99. The van der Waals surface area contributed by atoms with Crippen molar-refractivity contribution in [3.8, 4) is 11.1 Å². The normalized spacial score (nSPS) is 11.8. The van der Waals surface area contributed by atoms with Gasteiger partial charge in [-0.2, -0.15) is 0 Å². The van der Waals surface area contributed by atoms with Crippen LogP contribution in [-0.2, 0) is 16.6 Å². The first-order valence-corrected chi connectivity index (χ1v) is 11.3. The molecule has 0 amide bonds. The molecule has 0 aliphatic heterocycles. The number of halogens is 3. The van der Waals surface area contributed by atoms with E-state index in [1.807, 2.05) is 17.7 Å². The zero-order chi connectivity index (χ0) is 22.3. The molecule has 31 heavy (non-hydrogen) atoms. The fraction of sp³-hybridized carbons (Fsp3) is 0.130. The third-order valence-electron chi connectivity index (χ3n) is 4.97. The van der Waals surface area contributed by atoms with Crippen LogP contribution in [0.3, 0.4) is 0 Å². The number of hydrogen-bond donors (Lipinski definition) is 1. The van der Waals surface area contributed by atoms with E-state index in [0.717, 1.165) is 29.5 Å². The first kappa shape index (κ1) is 21.0. The van der Waals surface area contributed by atoms with Crippen LogP contribution in [0.15, 0.2) is 60.8 Å². The fourth-order valence-electron chi connectivity index (χ4n) is 3.69. The van der Waals surface area contributed by atoms with Crippen LogP contribution in [0.2, 0.25) is 0 Å². The van der Waals surface area contributed by atoms with Gasteiger partial charge in [-0.15, -0.1) is 0 Å². The number of hydrogen-bond acceptors (Lipinski definition) is 2. The van der Waals surface area contributed by atoms with E-state index in [2.05, 4.69) is 4.72 Å². The Hall–Kier alpha value is -3.26. The molecule has 0 radical (unpaired) electrons. The Balaban J connectivity index is 1.82. The molecule has 0 saturated carbocycles. The van der Waals surface area contributed by atoms with Gasteiger partial charge in [-0.25, -0.2) is 21.6 Å². The molecule has 1 aromatic heterocycles. The second-order valence-corrected chi connectivity index (χ2v) is 9.24. The lowest BCUT2D eigenvalue weighted by Crippen LogP contribution is -2.09. The van der Waals surface area contributed by atoms with Gasteiger partial charge < -0.3 is 4.57 Å². The summed E-state index contributed by atoms with van der Waals surface area (Å²) in [6.07, 6.45) is 2.90. The van der Waals surface area contributed by atoms with Crippen molar-refractivity contribution in [2.45, 2.75) is 13.5 Å². The minimum absolute atomic E-state index is 0.272. The topological polar surface area (TPSA) is 51.1 Å². The van der Waals surface area contributed by atoms with Gasteiger partial charge in [0.25, 0.3) is 0 Å². The molecule has 4 aromatic rings. The predicted molar refractivity (Wildman–Crippen MR) is 116 cm³/mol. The molecule has 160 valence electrons. The van der Waals surface area contributed by atoms with E-state index < -0.39 is 27.5 Å². The summed E-state index contributed by atoms with van der Waals surface area (Å²) in [7, 11) is -3.41. The monoisotopic (exact) mass is 444 g/mol. The Kier molecular flexibility index (Phi) is 5.26. The Morgan fingerprint density at radius 3 is 2.29 bits per heavy atom. The molecular formula is C23H19F3N2O2S. The molecule has 0 atom stereocenters. The largest absolute Gasteiger partial charge is 0.342 e. The van der Waals surface area contributed by atoms with Crippen LogP contribution in [0, 0.1) is 24.4 Å². The van der Waals surface area contributed by atoms with Gasteiger partial charge in [0.2, 0.25) is 10.0 Å². The van der Waals surface area contributed by atoms with Gasteiger partial charge in [0.05, 0.1) is 11.8 Å². The molecule has 0 unspecified atom stereocenters. The first-order chi connectivity index (χ1) is 14.6. The quantitative estimate of drug-likeness (QED) is 0.445. The Morgan fingerprint density at radius 2 is 1.65 bits per heavy atom. The Morgan fingerprint density at radius 1 is 0.935 bits per heavy atom. The molecule has 0 aliphatic rings. The number of nitrogens with zero attached hydrogens (tertiary/aromatic N) is 1. The molecule has 0 spiro atoms. The van der Waals surface area contributed by atoms with E-state index >= 15 is 0 Å². The molecule has 8 heteroatoms. The van der Waals surface area contributed by atoms with Gasteiger partial charge in [0, 0.05) is 29.4 Å². The van der Waals surface area contributed by atoms with Crippen LogP contribution in [-0.4, -0.2) is 19.2 Å². The van der Waals surface area contributed by atoms with E-state index in [9.17, 15) is 21.6 Å². The smallest absolute Gasteiger partial charge is 0.229 e. The van der Waals surface area contributed by atoms with Crippen LogP contribution in [0.5, 0.6) is 0 Å². The van der Waals surface area contributed by atoms with E-state index in [1.54, 1.807) is 24.3 Å². The van der Waals surface area contributed by atoms with Crippen LogP contribution in [0.4, 0.5) is 18.9 Å². The van der Waals surface area contributed by atoms with Crippen molar-refractivity contribution in [3.05, 3.63) is 89.4 Å². The second-order valence-electron chi connectivity index (χ2n) is 7.49. The summed E-state index contributed by atoms with van der Waals surface area (Å²) in [5, 5.41) is 0.705. The summed E-state index contributed by atoms with van der Waals surface area (Å²) < 4.78 is 68.5. The highest BCUT2D eigenvalue weighted by Crippen LogP contribution is 2.34. The molecule has 3 aromatic carbocycles. The molecule has 0 saturated heterocycles. The summed E-state index contributed by atoms with van der Waals surface area (Å²) in [5.74, 6) is -2.25. The number of sulfonamides is 1. The first-order valence-electron chi connectivity index (χ1n) is 9.42. The van der Waals surface area contributed by atoms with Gasteiger partial charge in [-0.1, -0.05) is 18.2 Å². The number of benzene rings is 3. The third kappa shape index (κ3) is 4.44. The Bertz CT molecular complexity index is 1390. The van der Waals surface area contributed by atoms with Crippen LogP contribution in [0.1, 0.15) is 11.1 Å². The third-order valence-corrected chi connectivity index (χ3v) is 5.58. The summed E-state index contributed by atoms with van der Waals surface area (Å²) >= 11 is 0. The van der Waals surface area contributed by atoms with Gasteiger partial charge in [-0.05, 0) is 60.0 Å². The zero-order valence-electron chi connectivity index (χ0n) is 16.8. The van der Waals surface area contributed by atoms with E-state index in [0.29, 0.717) is 27.8 Å². The lowest BCUT2D eigenvalue weighted by molar-refractivity contribution is 0.506. The van der Waals surface area contributed by atoms with Crippen molar-refractivity contribution in [1.29, 1.82) is 0 Å². The van der Waals surface area contributed by atoms with Gasteiger partial charge >= 0.3 is 0 Å². The van der Waals surface area contributed by atoms with Crippen molar-refractivity contribution in [2.24, 2.45) is 0 Å². The summed E-state index contributed by atoms with van der Waals surface area (Å²) in [4.78, 5) is 0.